The maximum absolute atomic E-state index is 9.34. The van der Waals surface area contributed by atoms with Crippen LogP contribution in [0.3, 0.4) is 0 Å². The van der Waals surface area contributed by atoms with Gasteiger partial charge in [-0.25, -0.2) is 0 Å². The van der Waals surface area contributed by atoms with Crippen LogP contribution < -0.4 is 0 Å². The number of aryl methyl sites for hydroxylation is 1. The van der Waals surface area contributed by atoms with E-state index >= 15 is 0 Å². The van der Waals surface area contributed by atoms with E-state index in [1.165, 1.54) is 0 Å². The molecule has 0 amide bonds. The third-order valence-electron chi connectivity index (χ3n) is 2.52. The molecule has 1 N–H and O–H groups in total. The summed E-state index contributed by atoms with van der Waals surface area (Å²) >= 11 is 0. The van der Waals surface area contributed by atoms with Crippen LogP contribution in [-0.4, -0.2) is 16.7 Å². The Morgan fingerprint density at radius 1 is 1.36 bits per heavy atom. The number of rotatable bonds is 2. The Morgan fingerprint density at radius 3 is 2.36 bits per heavy atom. The van der Waals surface area contributed by atoms with E-state index in [2.05, 4.69) is 25.8 Å². The van der Waals surface area contributed by atoms with Gasteiger partial charge in [-0.3, -0.25) is 4.98 Å². The van der Waals surface area contributed by atoms with E-state index in [-0.39, 0.29) is 17.9 Å². The number of aliphatic hydroxyl groups is 1. The molecule has 0 aromatic carbocycles. The van der Waals surface area contributed by atoms with Crippen LogP contribution in [0.25, 0.3) is 0 Å². The molecule has 0 bridgehead atoms. The number of pyridine rings is 1. The standard InChI is InChI=1S/C12H19NO/c1-9-5-6-11(13-7-9)10(8-14)12(2,3)4/h5-7,10,14H,8H2,1-4H3/t10-/m1/s1. The van der Waals surface area contributed by atoms with Crippen molar-refractivity contribution in [2.24, 2.45) is 5.41 Å². The lowest BCUT2D eigenvalue weighted by molar-refractivity contribution is 0.184. The summed E-state index contributed by atoms with van der Waals surface area (Å²) in [5.74, 6) is 0.114. The molecule has 0 unspecified atom stereocenters. The molecule has 0 saturated carbocycles. The summed E-state index contributed by atoms with van der Waals surface area (Å²) in [6.45, 7) is 8.53. The second kappa shape index (κ2) is 4.09. The fourth-order valence-corrected chi connectivity index (χ4v) is 1.50. The highest BCUT2D eigenvalue weighted by Gasteiger charge is 2.26. The lowest BCUT2D eigenvalue weighted by Crippen LogP contribution is -2.22. The quantitative estimate of drug-likeness (QED) is 0.783. The second-order valence-corrected chi connectivity index (χ2v) is 4.86. The molecule has 1 aromatic rings. The Hall–Kier alpha value is -0.890. The van der Waals surface area contributed by atoms with E-state index in [4.69, 9.17) is 0 Å². The molecule has 0 aliphatic carbocycles. The summed E-state index contributed by atoms with van der Waals surface area (Å²) in [5, 5.41) is 9.34. The summed E-state index contributed by atoms with van der Waals surface area (Å²) < 4.78 is 0. The van der Waals surface area contributed by atoms with Crippen molar-refractivity contribution in [2.45, 2.75) is 33.6 Å². The molecule has 78 valence electrons. The van der Waals surface area contributed by atoms with E-state index in [1.54, 1.807) is 0 Å². The number of hydrogen-bond acceptors (Lipinski definition) is 2. The maximum Gasteiger partial charge on any atom is 0.0519 e. The predicted molar refractivity (Wildman–Crippen MR) is 58.3 cm³/mol. The van der Waals surface area contributed by atoms with Gasteiger partial charge in [-0.15, -0.1) is 0 Å². The lowest BCUT2D eigenvalue weighted by atomic mass is 9.79. The first kappa shape index (κ1) is 11.2. The topological polar surface area (TPSA) is 33.1 Å². The summed E-state index contributed by atoms with van der Waals surface area (Å²) in [7, 11) is 0. The minimum absolute atomic E-state index is 0.0526. The third kappa shape index (κ3) is 2.55. The number of nitrogens with zero attached hydrogens (tertiary/aromatic N) is 1. The van der Waals surface area contributed by atoms with Gasteiger partial charge in [0.05, 0.1) is 6.61 Å². The Labute approximate surface area is 86.0 Å². The number of aromatic nitrogens is 1. The molecular weight excluding hydrogens is 174 g/mol. The molecule has 0 spiro atoms. The van der Waals surface area contributed by atoms with Gasteiger partial charge in [-0.2, -0.15) is 0 Å². The first-order valence-electron chi connectivity index (χ1n) is 4.98. The van der Waals surface area contributed by atoms with Gasteiger partial charge in [0, 0.05) is 17.8 Å². The van der Waals surface area contributed by atoms with Crippen molar-refractivity contribution in [3.8, 4) is 0 Å². The SMILES string of the molecule is Cc1ccc([C@@H](CO)C(C)(C)C)nc1. The van der Waals surface area contributed by atoms with Crippen LogP contribution in [0.4, 0.5) is 0 Å². The van der Waals surface area contributed by atoms with E-state index in [1.807, 2.05) is 25.3 Å². The van der Waals surface area contributed by atoms with Gasteiger partial charge in [0.1, 0.15) is 0 Å². The van der Waals surface area contributed by atoms with Crippen molar-refractivity contribution in [2.75, 3.05) is 6.61 Å². The first-order chi connectivity index (χ1) is 6.45. The second-order valence-electron chi connectivity index (χ2n) is 4.86. The predicted octanol–water partition coefficient (Wildman–Crippen LogP) is 2.51. The van der Waals surface area contributed by atoms with E-state index in [0.29, 0.717) is 0 Å². The summed E-state index contributed by atoms with van der Waals surface area (Å²) in [6.07, 6.45) is 1.85. The van der Waals surface area contributed by atoms with Crippen LogP contribution in [0.5, 0.6) is 0 Å². The van der Waals surface area contributed by atoms with Crippen molar-refractivity contribution >= 4 is 0 Å². The van der Waals surface area contributed by atoms with Gasteiger partial charge >= 0.3 is 0 Å². The molecule has 1 atom stereocenters. The molecule has 2 heteroatoms. The molecule has 0 radical (unpaired) electrons. The largest absolute Gasteiger partial charge is 0.396 e. The molecule has 1 rings (SSSR count). The summed E-state index contributed by atoms with van der Waals surface area (Å²) in [5.41, 5.74) is 2.18. The third-order valence-corrected chi connectivity index (χ3v) is 2.52. The zero-order valence-electron chi connectivity index (χ0n) is 9.41. The molecule has 0 saturated heterocycles. The molecule has 0 aliphatic heterocycles. The molecule has 2 nitrogen and oxygen atoms in total. The van der Waals surface area contributed by atoms with Crippen LogP contribution in [0.1, 0.15) is 37.9 Å². The molecule has 0 aliphatic rings. The lowest BCUT2D eigenvalue weighted by Gasteiger charge is -2.28. The maximum atomic E-state index is 9.34. The Balaban J connectivity index is 2.96. The zero-order chi connectivity index (χ0) is 10.8. The van der Waals surface area contributed by atoms with Crippen LogP contribution in [0.15, 0.2) is 18.3 Å². The monoisotopic (exact) mass is 193 g/mol. The van der Waals surface area contributed by atoms with Gasteiger partial charge < -0.3 is 5.11 Å². The smallest absolute Gasteiger partial charge is 0.0519 e. The fourth-order valence-electron chi connectivity index (χ4n) is 1.50. The average Bonchev–Trinajstić information content (AvgIpc) is 2.07. The van der Waals surface area contributed by atoms with Gasteiger partial charge in [0.25, 0.3) is 0 Å². The van der Waals surface area contributed by atoms with Crippen molar-refractivity contribution in [1.82, 2.24) is 4.98 Å². The van der Waals surface area contributed by atoms with Crippen molar-refractivity contribution < 1.29 is 5.11 Å². The van der Waals surface area contributed by atoms with Gasteiger partial charge in [0.15, 0.2) is 0 Å². The van der Waals surface area contributed by atoms with Crippen molar-refractivity contribution in [3.63, 3.8) is 0 Å². The minimum Gasteiger partial charge on any atom is -0.396 e. The molecule has 0 fully saturated rings. The Morgan fingerprint density at radius 2 is 2.00 bits per heavy atom. The van der Waals surface area contributed by atoms with Crippen LogP contribution in [0, 0.1) is 12.3 Å². The number of aliphatic hydroxyl groups excluding tert-OH is 1. The van der Waals surface area contributed by atoms with E-state index in [0.717, 1.165) is 11.3 Å². The minimum atomic E-state index is 0.0526. The Bertz CT molecular complexity index is 284. The zero-order valence-corrected chi connectivity index (χ0v) is 9.41. The van der Waals surface area contributed by atoms with E-state index < -0.39 is 0 Å². The van der Waals surface area contributed by atoms with Crippen LogP contribution in [0.2, 0.25) is 0 Å². The molecule has 1 heterocycles. The fraction of sp³-hybridized carbons (Fsp3) is 0.583. The normalized spacial score (nSPS) is 14.1. The first-order valence-corrected chi connectivity index (χ1v) is 4.98. The highest BCUT2D eigenvalue weighted by Crippen LogP contribution is 2.33. The van der Waals surface area contributed by atoms with Gasteiger partial charge in [0.2, 0.25) is 0 Å². The number of hydrogen-bond donors (Lipinski definition) is 1. The summed E-state index contributed by atoms with van der Waals surface area (Å²) in [4.78, 5) is 4.36. The van der Waals surface area contributed by atoms with Gasteiger partial charge in [-0.1, -0.05) is 26.8 Å². The van der Waals surface area contributed by atoms with Gasteiger partial charge in [-0.05, 0) is 24.0 Å². The average molecular weight is 193 g/mol. The van der Waals surface area contributed by atoms with Crippen LogP contribution >= 0.6 is 0 Å². The Kier molecular flexibility index (Phi) is 3.27. The van der Waals surface area contributed by atoms with Crippen molar-refractivity contribution in [1.29, 1.82) is 0 Å². The summed E-state index contributed by atoms with van der Waals surface area (Å²) in [6, 6.07) is 4.04. The van der Waals surface area contributed by atoms with Crippen molar-refractivity contribution in [3.05, 3.63) is 29.6 Å². The molecule has 14 heavy (non-hydrogen) atoms. The van der Waals surface area contributed by atoms with Crippen LogP contribution in [-0.2, 0) is 0 Å². The van der Waals surface area contributed by atoms with E-state index in [9.17, 15) is 5.11 Å². The highest BCUT2D eigenvalue weighted by atomic mass is 16.3. The highest BCUT2D eigenvalue weighted by molar-refractivity contribution is 5.17. The molecular formula is C12H19NO. The molecule has 1 aromatic heterocycles.